The Morgan fingerprint density at radius 2 is 1.46 bits per heavy atom. The van der Waals surface area contributed by atoms with Gasteiger partial charge in [-0.05, 0) is 66.9 Å². The molecule has 3 heterocycles. The maximum atomic E-state index is 14.6. The van der Waals surface area contributed by atoms with Gasteiger partial charge in [-0.15, -0.1) is 0 Å². The molecule has 8 nitrogen and oxygen atoms in total. The molecular weight excluding hydrogens is 647 g/mol. The summed E-state index contributed by atoms with van der Waals surface area (Å²) in [7, 11) is 1.32. The van der Waals surface area contributed by atoms with Crippen molar-refractivity contribution in [2.24, 2.45) is 4.99 Å². The van der Waals surface area contributed by atoms with Gasteiger partial charge >= 0.3 is 5.97 Å². The Kier molecular flexibility index (Phi) is 9.31. The van der Waals surface area contributed by atoms with E-state index in [0.29, 0.717) is 39.6 Å². The van der Waals surface area contributed by atoms with Crippen molar-refractivity contribution >= 4 is 23.4 Å². The van der Waals surface area contributed by atoms with Crippen molar-refractivity contribution in [2.45, 2.75) is 19.9 Å². The van der Waals surface area contributed by atoms with Crippen LogP contribution in [0.3, 0.4) is 0 Å². The zero-order chi connectivity index (χ0) is 34.6. The Hall–Kier alpha value is -5.93. The molecule has 0 saturated heterocycles. The van der Waals surface area contributed by atoms with Gasteiger partial charge < -0.3 is 18.8 Å². The third kappa shape index (κ3) is 6.08. The minimum Gasteiger partial charge on any atom is -0.490 e. The molecule has 6 aromatic rings. The van der Waals surface area contributed by atoms with Gasteiger partial charge in [-0.25, -0.2) is 9.79 Å². The van der Waals surface area contributed by atoms with Crippen LogP contribution in [0.2, 0.25) is 0 Å². The average Bonchev–Trinajstić information content (AvgIpc) is 3.70. The van der Waals surface area contributed by atoms with E-state index in [9.17, 15) is 9.59 Å². The molecule has 0 radical (unpaired) electrons. The topological polar surface area (TPSA) is 84.0 Å². The number of methoxy groups -OCH3 is 1. The van der Waals surface area contributed by atoms with Crippen LogP contribution in [-0.4, -0.2) is 35.4 Å². The first-order valence-corrected chi connectivity index (χ1v) is 17.2. The summed E-state index contributed by atoms with van der Waals surface area (Å²) >= 11 is 1.28. The second kappa shape index (κ2) is 14.3. The van der Waals surface area contributed by atoms with E-state index in [2.05, 4.69) is 52.0 Å². The summed E-state index contributed by atoms with van der Waals surface area (Å²) in [6.07, 6.45) is 3.43. The average molecular weight is 682 g/mol. The highest BCUT2D eigenvalue weighted by atomic mass is 32.1. The van der Waals surface area contributed by atoms with Gasteiger partial charge in [-0.3, -0.25) is 9.36 Å². The summed E-state index contributed by atoms with van der Waals surface area (Å²) in [6.45, 7) is 4.68. The molecular formula is C41H35N3O5S. The summed E-state index contributed by atoms with van der Waals surface area (Å²) < 4.78 is 21.1. The summed E-state index contributed by atoms with van der Waals surface area (Å²) in [5.74, 6) is 0.539. The van der Waals surface area contributed by atoms with Crippen molar-refractivity contribution < 1.29 is 19.0 Å². The van der Waals surface area contributed by atoms with Crippen molar-refractivity contribution in [1.82, 2.24) is 9.13 Å². The minimum absolute atomic E-state index is 0.240. The summed E-state index contributed by atoms with van der Waals surface area (Å²) in [5, 5.41) is 0. The predicted octanol–water partition coefficient (Wildman–Crippen LogP) is 6.94. The van der Waals surface area contributed by atoms with Crippen LogP contribution in [0.4, 0.5) is 0 Å². The molecule has 0 aliphatic carbocycles. The Morgan fingerprint density at radius 3 is 2.12 bits per heavy atom. The highest BCUT2D eigenvalue weighted by molar-refractivity contribution is 7.07. The molecule has 250 valence electrons. The highest BCUT2D eigenvalue weighted by Crippen LogP contribution is 2.37. The summed E-state index contributed by atoms with van der Waals surface area (Å²) in [4.78, 5) is 32.7. The van der Waals surface area contributed by atoms with Crippen LogP contribution in [0.5, 0.6) is 11.5 Å². The molecule has 0 saturated carbocycles. The lowest BCUT2D eigenvalue weighted by Gasteiger charge is -2.23. The maximum absolute atomic E-state index is 14.6. The number of esters is 1. The van der Waals surface area contributed by atoms with E-state index in [4.69, 9.17) is 14.2 Å². The number of nitrogens with zero attached hydrogens (tertiary/aromatic N) is 3. The zero-order valence-corrected chi connectivity index (χ0v) is 28.7. The van der Waals surface area contributed by atoms with Crippen molar-refractivity contribution in [3.8, 4) is 39.7 Å². The second-order valence-electron chi connectivity index (χ2n) is 11.5. The highest BCUT2D eigenvalue weighted by Gasteiger charge is 2.32. The fourth-order valence-electron chi connectivity index (χ4n) is 6.33. The molecule has 4 aromatic carbocycles. The van der Waals surface area contributed by atoms with Gasteiger partial charge in [-0.1, -0.05) is 96.3 Å². The lowest BCUT2D eigenvalue weighted by Crippen LogP contribution is -2.39. The summed E-state index contributed by atoms with van der Waals surface area (Å²) in [5.41, 5.74) is 6.47. The van der Waals surface area contributed by atoms with Gasteiger partial charge in [0.1, 0.15) is 0 Å². The SMILES string of the molecule is CCOc1ccc([C@@H]2C(C(=O)OC)=CN=c3s/c(=C/c4cc(-c5ccccc5)n(-c5ccccc5)c4-c4ccccc4)c(=O)n32)cc1OCC. The molecule has 9 heteroatoms. The van der Waals surface area contributed by atoms with E-state index in [-0.39, 0.29) is 11.1 Å². The molecule has 1 aliphatic heterocycles. The fourth-order valence-corrected chi connectivity index (χ4v) is 7.29. The van der Waals surface area contributed by atoms with E-state index in [1.807, 2.05) is 86.7 Å². The number of hydrogen-bond donors (Lipinski definition) is 0. The van der Waals surface area contributed by atoms with Crippen LogP contribution in [0, 0.1) is 0 Å². The Morgan fingerprint density at radius 1 is 0.820 bits per heavy atom. The van der Waals surface area contributed by atoms with Crippen LogP contribution in [0.15, 0.2) is 137 Å². The fraction of sp³-hybridized carbons (Fsp3) is 0.146. The summed E-state index contributed by atoms with van der Waals surface area (Å²) in [6, 6.07) is 37.4. The van der Waals surface area contributed by atoms with Gasteiger partial charge in [0.2, 0.25) is 0 Å². The first-order valence-electron chi connectivity index (χ1n) is 16.4. The molecule has 0 spiro atoms. The Bertz CT molecular complexity index is 2380. The van der Waals surface area contributed by atoms with Crippen LogP contribution < -0.4 is 24.4 Å². The number of rotatable bonds is 10. The number of hydrogen-bond acceptors (Lipinski definition) is 7. The monoisotopic (exact) mass is 681 g/mol. The van der Waals surface area contributed by atoms with Crippen LogP contribution in [-0.2, 0) is 9.53 Å². The number of carbonyl (C=O) groups excluding carboxylic acids is 1. The lowest BCUT2D eigenvalue weighted by atomic mass is 9.97. The smallest absolute Gasteiger partial charge is 0.337 e. The molecule has 0 amide bonds. The molecule has 0 bridgehead atoms. The lowest BCUT2D eigenvalue weighted by molar-refractivity contribution is -0.136. The third-order valence-electron chi connectivity index (χ3n) is 8.46. The number of carbonyl (C=O) groups is 1. The first kappa shape index (κ1) is 32.6. The minimum atomic E-state index is -0.793. The van der Waals surface area contributed by atoms with Gasteiger partial charge in [0.25, 0.3) is 5.56 Å². The van der Waals surface area contributed by atoms with Gasteiger partial charge in [0.15, 0.2) is 16.3 Å². The molecule has 0 unspecified atom stereocenters. The van der Waals surface area contributed by atoms with Crippen LogP contribution in [0.25, 0.3) is 34.3 Å². The van der Waals surface area contributed by atoms with Gasteiger partial charge in [-0.2, -0.15) is 0 Å². The number of benzene rings is 4. The second-order valence-corrected chi connectivity index (χ2v) is 12.5. The van der Waals surface area contributed by atoms with E-state index in [0.717, 1.165) is 33.8 Å². The standard InChI is InChI=1S/C41H35N3O5S/c1-4-48-34-22-21-29(24-35(34)49-5-2)38-32(40(46)47-3)26-42-41-44(38)39(45)36(50-41)25-30-23-33(27-15-9-6-10-16-27)43(31-19-13-8-14-20-31)37(30)28-17-11-7-12-18-28/h6-26,38H,4-5H2,1-3H3/b36-25+/t38-/m1/s1. The number of ether oxygens (including phenoxy) is 3. The van der Waals surface area contributed by atoms with Crippen LogP contribution >= 0.6 is 11.3 Å². The van der Waals surface area contributed by atoms with Gasteiger partial charge in [0.05, 0.1) is 47.9 Å². The number of aromatic nitrogens is 2. The van der Waals surface area contributed by atoms with Gasteiger partial charge in [0, 0.05) is 17.5 Å². The molecule has 1 atom stereocenters. The van der Waals surface area contributed by atoms with Crippen molar-refractivity contribution in [2.75, 3.05) is 20.3 Å². The molecule has 0 N–H and O–H groups in total. The van der Waals surface area contributed by atoms with Crippen molar-refractivity contribution in [3.63, 3.8) is 0 Å². The zero-order valence-electron chi connectivity index (χ0n) is 27.9. The predicted molar refractivity (Wildman–Crippen MR) is 197 cm³/mol. The quantitative estimate of drug-likeness (QED) is 0.146. The molecule has 7 rings (SSSR count). The Labute approximate surface area is 293 Å². The first-order chi connectivity index (χ1) is 24.5. The normalized spacial score (nSPS) is 14.0. The number of para-hydroxylation sites is 1. The molecule has 1 aliphatic rings. The molecule has 2 aromatic heterocycles. The molecule has 0 fully saturated rings. The third-order valence-corrected chi connectivity index (χ3v) is 9.45. The number of fused-ring (bicyclic) bond motifs is 1. The van der Waals surface area contributed by atoms with E-state index in [1.54, 1.807) is 10.6 Å². The van der Waals surface area contributed by atoms with E-state index < -0.39 is 12.0 Å². The van der Waals surface area contributed by atoms with Crippen LogP contribution in [0.1, 0.15) is 31.0 Å². The number of thiazole rings is 1. The maximum Gasteiger partial charge on any atom is 0.337 e. The van der Waals surface area contributed by atoms with Crippen molar-refractivity contribution in [3.05, 3.63) is 158 Å². The van der Waals surface area contributed by atoms with Crippen molar-refractivity contribution in [1.29, 1.82) is 0 Å². The largest absolute Gasteiger partial charge is 0.490 e. The van der Waals surface area contributed by atoms with E-state index in [1.165, 1.54) is 24.6 Å². The molecule has 50 heavy (non-hydrogen) atoms. The Balaban J connectivity index is 1.47. The van der Waals surface area contributed by atoms with E-state index >= 15 is 0 Å².